The molecule has 1 aliphatic heterocycles. The maximum atomic E-state index is 5.21. The first-order valence-corrected chi connectivity index (χ1v) is 8.26. The van der Waals surface area contributed by atoms with Gasteiger partial charge in [-0.2, -0.15) is 0 Å². The summed E-state index contributed by atoms with van der Waals surface area (Å²) < 4.78 is 7.26. The summed E-state index contributed by atoms with van der Waals surface area (Å²) in [5.41, 5.74) is 4.67. The molecule has 0 saturated heterocycles. The number of nitrogens with one attached hydrogen (secondary N) is 1. The van der Waals surface area contributed by atoms with Gasteiger partial charge in [-0.15, -0.1) is 10.2 Å². The second-order valence-electron chi connectivity index (χ2n) is 5.55. The van der Waals surface area contributed by atoms with Crippen LogP contribution in [0, 0.1) is 0 Å². The van der Waals surface area contributed by atoms with Gasteiger partial charge in [-0.05, 0) is 37.1 Å². The Morgan fingerprint density at radius 2 is 2.00 bits per heavy atom. The summed E-state index contributed by atoms with van der Waals surface area (Å²) in [4.78, 5) is 0. The van der Waals surface area contributed by atoms with Gasteiger partial charge in [0, 0.05) is 10.8 Å². The third-order valence-corrected chi connectivity index (χ3v) is 5.58. The smallest absolute Gasteiger partial charge is 0.210 e. The molecule has 0 amide bonds. The largest absolute Gasteiger partial charge is 0.497 e. The zero-order chi connectivity index (χ0) is 14.2. The minimum Gasteiger partial charge on any atom is -0.497 e. The van der Waals surface area contributed by atoms with Crippen LogP contribution in [0.3, 0.4) is 0 Å². The number of fused-ring (bicyclic) bond motifs is 2. The van der Waals surface area contributed by atoms with Crippen molar-refractivity contribution in [2.45, 2.75) is 42.1 Å². The predicted octanol–water partition coefficient (Wildman–Crippen LogP) is 2.91. The number of thioether (sulfide) groups is 1. The number of hydrogen-bond donors (Lipinski definition) is 1. The number of rotatable bonds is 2. The highest BCUT2D eigenvalue weighted by atomic mass is 32.2. The highest BCUT2D eigenvalue weighted by Crippen LogP contribution is 2.38. The molecular formula is C15H18N4OS. The van der Waals surface area contributed by atoms with Crippen LogP contribution in [0.25, 0.3) is 11.4 Å². The van der Waals surface area contributed by atoms with E-state index in [0.717, 1.165) is 22.3 Å². The Kier molecular flexibility index (Phi) is 3.25. The first kappa shape index (κ1) is 13.0. The van der Waals surface area contributed by atoms with Gasteiger partial charge in [-0.1, -0.05) is 24.6 Å². The molecule has 21 heavy (non-hydrogen) atoms. The van der Waals surface area contributed by atoms with Gasteiger partial charge in [0.15, 0.2) is 5.82 Å². The second-order valence-corrected chi connectivity index (χ2v) is 6.75. The van der Waals surface area contributed by atoms with E-state index >= 15 is 0 Å². The van der Waals surface area contributed by atoms with Gasteiger partial charge in [0.2, 0.25) is 5.16 Å². The van der Waals surface area contributed by atoms with E-state index in [1.807, 2.05) is 36.0 Å². The van der Waals surface area contributed by atoms with Crippen molar-refractivity contribution < 1.29 is 4.74 Å². The number of hydrogen-bond acceptors (Lipinski definition) is 5. The molecule has 0 spiro atoms. The maximum absolute atomic E-state index is 5.21. The third kappa shape index (κ3) is 2.27. The average molecular weight is 302 g/mol. The fraction of sp³-hybridized carbons (Fsp3) is 0.467. The molecule has 2 aromatic rings. The van der Waals surface area contributed by atoms with Crippen molar-refractivity contribution >= 4 is 11.8 Å². The SMILES string of the molecule is COc1ccc(-c2nnc3n2NC2CCCCC2S3)cc1. The molecular weight excluding hydrogens is 284 g/mol. The summed E-state index contributed by atoms with van der Waals surface area (Å²) in [5.74, 6) is 1.73. The monoisotopic (exact) mass is 302 g/mol. The molecule has 2 atom stereocenters. The minimum absolute atomic E-state index is 0.532. The van der Waals surface area contributed by atoms with Crippen LogP contribution in [0.1, 0.15) is 25.7 Å². The van der Waals surface area contributed by atoms with Gasteiger partial charge >= 0.3 is 0 Å². The molecule has 1 aliphatic carbocycles. The quantitative estimate of drug-likeness (QED) is 0.924. The van der Waals surface area contributed by atoms with E-state index in [4.69, 9.17) is 4.74 Å². The molecule has 1 fully saturated rings. The van der Waals surface area contributed by atoms with Gasteiger partial charge in [0.05, 0.1) is 13.2 Å². The molecule has 0 radical (unpaired) electrons. The summed E-state index contributed by atoms with van der Waals surface area (Å²) in [5, 5.41) is 10.3. The molecule has 1 aromatic carbocycles. The van der Waals surface area contributed by atoms with Crippen LogP contribution in [-0.2, 0) is 0 Å². The molecule has 110 valence electrons. The van der Waals surface area contributed by atoms with Crippen LogP contribution < -0.4 is 10.2 Å². The summed E-state index contributed by atoms with van der Waals surface area (Å²) in [7, 11) is 1.68. The van der Waals surface area contributed by atoms with E-state index in [9.17, 15) is 0 Å². The number of nitrogens with zero attached hydrogens (tertiary/aromatic N) is 3. The Morgan fingerprint density at radius 3 is 2.81 bits per heavy atom. The van der Waals surface area contributed by atoms with E-state index < -0.39 is 0 Å². The second kappa shape index (κ2) is 5.26. The lowest BCUT2D eigenvalue weighted by Crippen LogP contribution is -2.42. The first-order chi connectivity index (χ1) is 10.3. The Bertz CT molecular complexity index is 640. The molecule has 2 aliphatic rings. The van der Waals surface area contributed by atoms with Crippen LogP contribution >= 0.6 is 11.8 Å². The zero-order valence-corrected chi connectivity index (χ0v) is 12.8. The summed E-state index contributed by atoms with van der Waals surface area (Å²) in [6, 6.07) is 8.49. The highest BCUT2D eigenvalue weighted by molar-refractivity contribution is 7.99. The van der Waals surface area contributed by atoms with Gasteiger partial charge in [0.25, 0.3) is 0 Å². The number of aromatic nitrogens is 3. The van der Waals surface area contributed by atoms with E-state index in [0.29, 0.717) is 11.3 Å². The van der Waals surface area contributed by atoms with E-state index in [-0.39, 0.29) is 0 Å². The van der Waals surface area contributed by atoms with E-state index in [1.165, 1.54) is 25.7 Å². The Balaban J connectivity index is 1.67. The van der Waals surface area contributed by atoms with Gasteiger partial charge in [-0.3, -0.25) is 0 Å². The van der Waals surface area contributed by atoms with Crippen molar-refractivity contribution in [2.75, 3.05) is 12.5 Å². The summed E-state index contributed by atoms with van der Waals surface area (Å²) in [6.45, 7) is 0. The average Bonchev–Trinajstić information content (AvgIpc) is 2.95. The lowest BCUT2D eigenvalue weighted by molar-refractivity contribution is 0.415. The minimum atomic E-state index is 0.532. The molecule has 1 aromatic heterocycles. The van der Waals surface area contributed by atoms with E-state index in [2.05, 4.69) is 20.3 Å². The Labute approximate surface area is 128 Å². The van der Waals surface area contributed by atoms with Gasteiger partial charge in [0.1, 0.15) is 5.75 Å². The molecule has 2 heterocycles. The predicted molar refractivity (Wildman–Crippen MR) is 83.3 cm³/mol. The summed E-state index contributed by atoms with van der Waals surface area (Å²) in [6.07, 6.45) is 5.14. The lowest BCUT2D eigenvalue weighted by atomic mass is 9.95. The molecule has 1 saturated carbocycles. The van der Waals surface area contributed by atoms with Crippen LogP contribution in [0.4, 0.5) is 0 Å². The third-order valence-electron chi connectivity index (χ3n) is 4.24. The number of methoxy groups -OCH3 is 1. The Morgan fingerprint density at radius 1 is 1.19 bits per heavy atom. The molecule has 4 rings (SSSR count). The van der Waals surface area contributed by atoms with Crippen molar-refractivity contribution in [3.8, 4) is 17.1 Å². The topological polar surface area (TPSA) is 52.0 Å². The van der Waals surface area contributed by atoms with Crippen molar-refractivity contribution in [1.82, 2.24) is 14.9 Å². The molecule has 0 bridgehead atoms. The highest BCUT2D eigenvalue weighted by Gasteiger charge is 2.33. The molecule has 6 heteroatoms. The number of benzene rings is 1. The van der Waals surface area contributed by atoms with Crippen molar-refractivity contribution in [3.05, 3.63) is 24.3 Å². The molecule has 1 N–H and O–H groups in total. The van der Waals surface area contributed by atoms with Crippen molar-refractivity contribution in [2.24, 2.45) is 0 Å². The molecule has 5 nitrogen and oxygen atoms in total. The maximum Gasteiger partial charge on any atom is 0.210 e. The van der Waals surface area contributed by atoms with Crippen LogP contribution in [0.2, 0.25) is 0 Å². The van der Waals surface area contributed by atoms with Crippen LogP contribution in [-0.4, -0.2) is 33.3 Å². The zero-order valence-electron chi connectivity index (χ0n) is 12.0. The molecule has 2 unspecified atom stereocenters. The van der Waals surface area contributed by atoms with Crippen molar-refractivity contribution in [1.29, 1.82) is 0 Å². The Hall–Kier alpha value is -1.69. The van der Waals surface area contributed by atoms with Gasteiger partial charge in [-0.25, -0.2) is 4.68 Å². The number of ether oxygens (including phenoxy) is 1. The summed E-state index contributed by atoms with van der Waals surface area (Å²) >= 11 is 1.87. The first-order valence-electron chi connectivity index (χ1n) is 7.38. The fourth-order valence-electron chi connectivity index (χ4n) is 3.08. The van der Waals surface area contributed by atoms with E-state index in [1.54, 1.807) is 7.11 Å². The van der Waals surface area contributed by atoms with Crippen LogP contribution in [0.15, 0.2) is 29.4 Å². The standard InChI is InChI=1S/C15H18N4OS/c1-20-11-8-6-10(7-9-11)14-16-17-15-19(14)18-12-4-2-3-5-13(12)21-15/h6-9,12-13,18H,2-5H2,1H3. The lowest BCUT2D eigenvalue weighted by Gasteiger charge is -2.36. The normalized spacial score (nSPS) is 23.9. The van der Waals surface area contributed by atoms with Gasteiger partial charge < -0.3 is 10.2 Å². The van der Waals surface area contributed by atoms with Crippen molar-refractivity contribution in [3.63, 3.8) is 0 Å². The van der Waals surface area contributed by atoms with Crippen LogP contribution in [0.5, 0.6) is 5.75 Å². The fourth-order valence-corrected chi connectivity index (χ4v) is 4.33.